The molecule has 2 heterocycles. The summed E-state index contributed by atoms with van der Waals surface area (Å²) >= 11 is 0. The van der Waals surface area contributed by atoms with Crippen molar-refractivity contribution < 1.29 is 28.2 Å². The van der Waals surface area contributed by atoms with Crippen molar-refractivity contribution in [3.8, 4) is 17.0 Å². The second-order valence-corrected chi connectivity index (χ2v) is 9.61. The molecule has 7 nitrogen and oxygen atoms in total. The number of carbonyl (C=O) groups is 1. The van der Waals surface area contributed by atoms with Crippen molar-refractivity contribution in [2.24, 2.45) is 5.92 Å². The first-order chi connectivity index (χ1) is 16.6. The Kier molecular flexibility index (Phi) is 5.67. The smallest absolute Gasteiger partial charge is 0.306 e. The van der Waals surface area contributed by atoms with Gasteiger partial charge in [0.15, 0.2) is 11.6 Å². The number of nitrogens with zero attached hydrogens (tertiary/aromatic N) is 2. The summed E-state index contributed by atoms with van der Waals surface area (Å²) in [5.74, 6) is -2.79. The second-order valence-electron chi connectivity index (χ2n) is 9.61. The molecule has 0 unspecified atom stereocenters. The van der Waals surface area contributed by atoms with Crippen molar-refractivity contribution in [3.05, 3.63) is 53.9 Å². The number of aromatic nitrogens is 3. The van der Waals surface area contributed by atoms with Gasteiger partial charge in [-0.3, -0.25) is 9.89 Å². The Morgan fingerprint density at radius 2 is 1.94 bits per heavy atom. The van der Waals surface area contributed by atoms with Gasteiger partial charge in [0.2, 0.25) is 5.88 Å². The Bertz CT molecular complexity index is 1440. The highest BCUT2D eigenvalue weighted by Gasteiger charge is 2.37. The first-order valence-corrected chi connectivity index (χ1v) is 11.3. The molecule has 1 aliphatic rings. The van der Waals surface area contributed by atoms with Gasteiger partial charge in [-0.15, -0.1) is 0 Å². The third-order valence-corrected chi connectivity index (χ3v) is 6.68. The molecule has 0 amide bonds. The van der Waals surface area contributed by atoms with Crippen LogP contribution in [0.15, 0.2) is 36.5 Å². The van der Waals surface area contributed by atoms with E-state index in [4.69, 9.17) is 14.5 Å². The van der Waals surface area contributed by atoms with Crippen molar-refractivity contribution in [2.45, 2.75) is 44.8 Å². The topological polar surface area (TPSA) is 97.3 Å². The van der Waals surface area contributed by atoms with Crippen LogP contribution >= 0.6 is 0 Å². The predicted molar refractivity (Wildman–Crippen MR) is 126 cm³/mol. The van der Waals surface area contributed by atoms with E-state index in [1.54, 1.807) is 13.3 Å². The minimum absolute atomic E-state index is 0.276. The molecule has 0 radical (unpaired) electrons. The lowest BCUT2D eigenvalue weighted by Gasteiger charge is -2.33. The fourth-order valence-corrected chi connectivity index (χ4v) is 4.46. The average molecular weight is 481 g/mol. The van der Waals surface area contributed by atoms with Gasteiger partial charge in [-0.2, -0.15) is 5.10 Å². The summed E-state index contributed by atoms with van der Waals surface area (Å²) in [5, 5.41) is 18.5. The van der Waals surface area contributed by atoms with Gasteiger partial charge < -0.3 is 14.6 Å². The van der Waals surface area contributed by atoms with E-state index in [-0.39, 0.29) is 6.10 Å². The highest BCUT2D eigenvalue weighted by molar-refractivity contribution is 6.06. The quantitative estimate of drug-likeness (QED) is 0.373. The van der Waals surface area contributed by atoms with Crippen LogP contribution in [-0.2, 0) is 16.0 Å². The Balaban J connectivity index is 1.73. The van der Waals surface area contributed by atoms with E-state index in [1.165, 1.54) is 12.1 Å². The van der Waals surface area contributed by atoms with E-state index >= 15 is 0 Å². The summed E-state index contributed by atoms with van der Waals surface area (Å²) in [7, 11) is 1.60. The van der Waals surface area contributed by atoms with E-state index in [9.17, 15) is 18.7 Å². The summed E-state index contributed by atoms with van der Waals surface area (Å²) in [6.07, 6.45) is 2.58. The number of halogens is 2. The largest absolute Gasteiger partial charge is 0.481 e. The molecule has 0 atom stereocenters. The molecule has 35 heavy (non-hydrogen) atoms. The van der Waals surface area contributed by atoms with E-state index in [0.29, 0.717) is 47.3 Å². The number of hydrogen-bond acceptors (Lipinski definition) is 5. The lowest BCUT2D eigenvalue weighted by Crippen LogP contribution is -2.38. The number of fused-ring (bicyclic) bond motifs is 2. The number of methoxy groups -OCH3 is 1. The van der Waals surface area contributed by atoms with E-state index < -0.39 is 29.1 Å². The summed E-state index contributed by atoms with van der Waals surface area (Å²) in [6, 6.07) is 7.58. The minimum Gasteiger partial charge on any atom is -0.481 e. The zero-order chi connectivity index (χ0) is 24.9. The molecule has 2 aromatic carbocycles. The lowest BCUT2D eigenvalue weighted by atomic mass is 9.82. The first kappa shape index (κ1) is 23.2. The van der Waals surface area contributed by atoms with Crippen LogP contribution in [-0.4, -0.2) is 45.1 Å². The summed E-state index contributed by atoms with van der Waals surface area (Å²) in [5.41, 5.74) is 1.89. The van der Waals surface area contributed by atoms with Crippen molar-refractivity contribution in [3.63, 3.8) is 0 Å². The molecule has 2 aromatic heterocycles. The van der Waals surface area contributed by atoms with Gasteiger partial charge in [0, 0.05) is 29.9 Å². The number of hydrogen-bond donors (Lipinski definition) is 2. The second kappa shape index (κ2) is 8.57. The number of nitrogens with one attached hydrogen (secondary N) is 1. The highest BCUT2D eigenvalue weighted by atomic mass is 19.2. The van der Waals surface area contributed by atoms with Gasteiger partial charge >= 0.3 is 5.97 Å². The molecule has 1 saturated carbocycles. The normalized spacial score (nSPS) is 18.1. The fourth-order valence-electron chi connectivity index (χ4n) is 4.46. The standard InChI is InChI=1S/C26H25F2N3O4/c1-26(2,34-3)11-22-23(13-4-5-19(27)20(28)9-13)17-8-15-12-29-31-21(15)10-18(17)24(30-22)35-16-6-14(7-16)25(32)33/h4-5,8-10,12,14,16H,6-7,11H2,1-3H3,(H,29,31)(H,32,33)/t14-,16-. The molecule has 5 rings (SSSR count). The summed E-state index contributed by atoms with van der Waals surface area (Å²) < 4.78 is 39.9. The monoisotopic (exact) mass is 481 g/mol. The van der Waals surface area contributed by atoms with Crippen LogP contribution in [0.4, 0.5) is 8.78 Å². The van der Waals surface area contributed by atoms with Crippen molar-refractivity contribution in [1.29, 1.82) is 0 Å². The van der Waals surface area contributed by atoms with Crippen LogP contribution in [0.2, 0.25) is 0 Å². The predicted octanol–water partition coefficient (Wildman–Crippen LogP) is 5.27. The van der Waals surface area contributed by atoms with Crippen LogP contribution < -0.4 is 4.74 Å². The number of aromatic amines is 1. The molecule has 0 bridgehead atoms. The third kappa shape index (κ3) is 4.32. The minimum atomic E-state index is -0.952. The maximum absolute atomic E-state index is 14.3. The van der Waals surface area contributed by atoms with Gasteiger partial charge in [0.1, 0.15) is 6.10 Å². The molecular formula is C26H25F2N3O4. The molecule has 9 heteroatoms. The van der Waals surface area contributed by atoms with Crippen molar-refractivity contribution in [1.82, 2.24) is 15.2 Å². The number of carboxylic acids is 1. The van der Waals surface area contributed by atoms with Gasteiger partial charge in [-0.05, 0) is 61.9 Å². The number of benzene rings is 2. The van der Waals surface area contributed by atoms with Gasteiger partial charge in [0.25, 0.3) is 0 Å². The number of H-pyrrole nitrogens is 1. The van der Waals surface area contributed by atoms with Crippen LogP contribution in [0.1, 0.15) is 32.4 Å². The van der Waals surface area contributed by atoms with Crippen molar-refractivity contribution >= 4 is 27.6 Å². The SMILES string of the molecule is COC(C)(C)Cc1nc(O[C@H]2C[C@H](C(=O)O)C2)c2cc3[nH]ncc3cc2c1-c1ccc(F)c(F)c1. The molecule has 1 fully saturated rings. The molecule has 4 aromatic rings. The molecule has 0 saturated heterocycles. The van der Waals surface area contributed by atoms with Crippen molar-refractivity contribution in [2.75, 3.05) is 7.11 Å². The van der Waals surface area contributed by atoms with Crippen LogP contribution in [0, 0.1) is 17.6 Å². The Hall–Kier alpha value is -3.59. The Labute approximate surface area is 200 Å². The van der Waals surface area contributed by atoms with E-state index in [1.807, 2.05) is 26.0 Å². The average Bonchev–Trinajstić information content (AvgIpc) is 3.23. The Morgan fingerprint density at radius 3 is 2.63 bits per heavy atom. The number of carboxylic acid groups (broad SMARTS) is 1. The lowest BCUT2D eigenvalue weighted by molar-refractivity contribution is -0.148. The van der Waals surface area contributed by atoms with E-state index in [2.05, 4.69) is 10.2 Å². The molecule has 2 N–H and O–H groups in total. The maximum atomic E-state index is 14.3. The zero-order valence-electron chi connectivity index (χ0n) is 19.6. The fraction of sp³-hybridized carbons (Fsp3) is 0.346. The van der Waals surface area contributed by atoms with Gasteiger partial charge in [-0.1, -0.05) is 6.07 Å². The Morgan fingerprint density at radius 1 is 1.17 bits per heavy atom. The number of aliphatic carboxylic acids is 1. The summed E-state index contributed by atoms with van der Waals surface area (Å²) in [6.45, 7) is 3.83. The van der Waals surface area contributed by atoms with Gasteiger partial charge in [0.05, 0.1) is 28.9 Å². The number of rotatable bonds is 7. The molecule has 1 aliphatic carbocycles. The van der Waals surface area contributed by atoms with E-state index in [0.717, 1.165) is 22.4 Å². The van der Waals surface area contributed by atoms with Gasteiger partial charge in [-0.25, -0.2) is 13.8 Å². The van der Waals surface area contributed by atoms with Crippen LogP contribution in [0.3, 0.4) is 0 Å². The highest BCUT2D eigenvalue weighted by Crippen LogP contribution is 2.41. The van der Waals surface area contributed by atoms with Crippen LogP contribution in [0.25, 0.3) is 32.8 Å². The zero-order valence-corrected chi connectivity index (χ0v) is 19.6. The molecule has 182 valence electrons. The maximum Gasteiger partial charge on any atom is 0.306 e. The molecule has 0 spiro atoms. The summed E-state index contributed by atoms with van der Waals surface area (Å²) in [4.78, 5) is 16.1. The first-order valence-electron chi connectivity index (χ1n) is 11.3. The number of ether oxygens (including phenoxy) is 2. The third-order valence-electron chi connectivity index (χ3n) is 6.68. The molecular weight excluding hydrogens is 456 g/mol. The molecule has 0 aliphatic heterocycles. The van der Waals surface area contributed by atoms with Crippen LogP contribution in [0.5, 0.6) is 5.88 Å². The number of pyridine rings is 1.